The number of hydrazine groups is 1. The molecule has 0 amide bonds. The van der Waals surface area contributed by atoms with Gasteiger partial charge >= 0.3 is 0 Å². The Morgan fingerprint density at radius 3 is 2.79 bits per heavy atom. The van der Waals surface area contributed by atoms with Crippen LogP contribution in [0.15, 0.2) is 0 Å². The Kier molecular flexibility index (Phi) is 5.62. The van der Waals surface area contributed by atoms with Gasteiger partial charge in [-0.3, -0.25) is 11.3 Å². The summed E-state index contributed by atoms with van der Waals surface area (Å²) in [5.41, 5.74) is 2.91. The van der Waals surface area contributed by atoms with Gasteiger partial charge in [0.15, 0.2) is 0 Å². The topological polar surface area (TPSA) is 47.3 Å². The van der Waals surface area contributed by atoms with Crippen LogP contribution in [0.2, 0.25) is 0 Å². The molecule has 1 aliphatic rings. The first-order valence-electron chi connectivity index (χ1n) is 5.36. The van der Waals surface area contributed by atoms with Gasteiger partial charge in [-0.2, -0.15) is 0 Å². The lowest BCUT2D eigenvalue weighted by molar-refractivity contribution is 0.0524. The lowest BCUT2D eigenvalue weighted by atomic mass is 9.89. The molecule has 1 unspecified atom stereocenters. The van der Waals surface area contributed by atoms with Gasteiger partial charge in [0.05, 0.1) is 0 Å². The molecule has 3 heteroatoms. The molecule has 1 fully saturated rings. The van der Waals surface area contributed by atoms with E-state index in [1.54, 1.807) is 0 Å². The fraction of sp³-hybridized carbons (Fsp3) is 0.818. The van der Waals surface area contributed by atoms with E-state index in [9.17, 15) is 0 Å². The first-order chi connectivity index (χ1) is 6.88. The zero-order chi connectivity index (χ0) is 10.2. The van der Waals surface area contributed by atoms with E-state index in [2.05, 4.69) is 11.3 Å². The minimum atomic E-state index is 0.409. The summed E-state index contributed by atoms with van der Waals surface area (Å²) in [5, 5.41) is 0. The summed E-state index contributed by atoms with van der Waals surface area (Å²) in [6.07, 6.45) is 10.4. The standard InChI is InChI=1S/C11H20N2O/c1-2-3-4-5-11(13-12)10-6-8-14-9-7-10/h1,10-11,13H,3-9,12H2. The van der Waals surface area contributed by atoms with Crippen LogP contribution in [-0.4, -0.2) is 19.3 Å². The highest BCUT2D eigenvalue weighted by Gasteiger charge is 2.22. The Hall–Kier alpha value is -0.560. The molecular weight excluding hydrogens is 176 g/mol. The van der Waals surface area contributed by atoms with Gasteiger partial charge in [-0.15, -0.1) is 12.3 Å². The number of rotatable bonds is 5. The number of hydrogen-bond acceptors (Lipinski definition) is 3. The molecule has 0 bridgehead atoms. The maximum absolute atomic E-state index is 5.54. The predicted molar refractivity (Wildman–Crippen MR) is 57.3 cm³/mol. The number of ether oxygens (including phenoxy) is 1. The molecule has 1 aliphatic heterocycles. The molecule has 80 valence electrons. The van der Waals surface area contributed by atoms with E-state index >= 15 is 0 Å². The normalized spacial score (nSPS) is 20.3. The number of hydrogen-bond donors (Lipinski definition) is 2. The first kappa shape index (κ1) is 11.5. The fourth-order valence-corrected chi connectivity index (χ4v) is 2.00. The predicted octanol–water partition coefficient (Wildman–Crippen LogP) is 1.05. The molecule has 0 aromatic rings. The van der Waals surface area contributed by atoms with Gasteiger partial charge in [0.25, 0.3) is 0 Å². The first-order valence-corrected chi connectivity index (χ1v) is 5.36. The number of nitrogens with two attached hydrogens (primary N) is 1. The molecule has 14 heavy (non-hydrogen) atoms. The highest BCUT2D eigenvalue weighted by Crippen LogP contribution is 2.21. The molecule has 0 radical (unpaired) electrons. The smallest absolute Gasteiger partial charge is 0.0469 e. The summed E-state index contributed by atoms with van der Waals surface area (Å²) >= 11 is 0. The zero-order valence-electron chi connectivity index (χ0n) is 8.67. The van der Waals surface area contributed by atoms with Crippen LogP contribution < -0.4 is 11.3 Å². The molecular formula is C11H20N2O. The Morgan fingerprint density at radius 1 is 1.50 bits per heavy atom. The van der Waals surface area contributed by atoms with Crippen LogP contribution in [0.1, 0.15) is 32.1 Å². The number of unbranched alkanes of at least 4 members (excludes halogenated alkanes) is 1. The third-order valence-electron chi connectivity index (χ3n) is 2.89. The highest BCUT2D eigenvalue weighted by molar-refractivity contribution is 4.85. The monoisotopic (exact) mass is 196 g/mol. The summed E-state index contributed by atoms with van der Waals surface area (Å²) in [6, 6.07) is 0.409. The van der Waals surface area contributed by atoms with Crippen molar-refractivity contribution < 1.29 is 4.74 Å². The van der Waals surface area contributed by atoms with E-state index in [4.69, 9.17) is 17.0 Å². The van der Waals surface area contributed by atoms with E-state index in [1.807, 2.05) is 0 Å². The maximum Gasteiger partial charge on any atom is 0.0469 e. The largest absolute Gasteiger partial charge is 0.381 e. The second-order valence-electron chi connectivity index (χ2n) is 3.82. The molecule has 0 saturated carbocycles. The van der Waals surface area contributed by atoms with Crippen molar-refractivity contribution in [2.75, 3.05) is 13.2 Å². The Balaban J connectivity index is 2.25. The van der Waals surface area contributed by atoms with Gasteiger partial charge < -0.3 is 4.74 Å². The number of nitrogens with one attached hydrogen (secondary N) is 1. The van der Waals surface area contributed by atoms with E-state index in [1.165, 1.54) is 0 Å². The lowest BCUT2D eigenvalue weighted by Crippen LogP contribution is -2.42. The Bertz CT molecular complexity index is 182. The van der Waals surface area contributed by atoms with Crippen LogP contribution in [0.25, 0.3) is 0 Å². The molecule has 3 nitrogen and oxygen atoms in total. The molecule has 1 saturated heterocycles. The van der Waals surface area contributed by atoms with Crippen LogP contribution in [0.5, 0.6) is 0 Å². The molecule has 0 spiro atoms. The van der Waals surface area contributed by atoms with Gasteiger partial charge in [0.2, 0.25) is 0 Å². The zero-order valence-corrected chi connectivity index (χ0v) is 8.67. The maximum atomic E-state index is 5.54. The van der Waals surface area contributed by atoms with Crippen molar-refractivity contribution in [2.24, 2.45) is 11.8 Å². The van der Waals surface area contributed by atoms with Crippen LogP contribution in [0.3, 0.4) is 0 Å². The van der Waals surface area contributed by atoms with E-state index in [0.717, 1.165) is 45.3 Å². The summed E-state index contributed by atoms with van der Waals surface area (Å²) in [7, 11) is 0. The van der Waals surface area contributed by atoms with Gasteiger partial charge in [0.1, 0.15) is 0 Å². The Morgan fingerprint density at radius 2 is 2.21 bits per heavy atom. The van der Waals surface area contributed by atoms with Crippen LogP contribution >= 0.6 is 0 Å². The minimum Gasteiger partial charge on any atom is -0.381 e. The summed E-state index contributed by atoms with van der Waals surface area (Å²) in [5.74, 6) is 8.86. The van der Waals surface area contributed by atoms with Crippen LogP contribution in [-0.2, 0) is 4.74 Å². The van der Waals surface area contributed by atoms with Crippen molar-refractivity contribution in [2.45, 2.75) is 38.1 Å². The van der Waals surface area contributed by atoms with Gasteiger partial charge in [-0.1, -0.05) is 0 Å². The number of terminal acetylenes is 1. The van der Waals surface area contributed by atoms with E-state index < -0.39 is 0 Å². The molecule has 0 aromatic heterocycles. The summed E-state index contributed by atoms with van der Waals surface area (Å²) in [4.78, 5) is 0. The second kappa shape index (κ2) is 6.83. The summed E-state index contributed by atoms with van der Waals surface area (Å²) in [6.45, 7) is 1.75. The van der Waals surface area contributed by atoms with Crippen molar-refractivity contribution in [3.63, 3.8) is 0 Å². The van der Waals surface area contributed by atoms with Gasteiger partial charge in [-0.25, -0.2) is 0 Å². The molecule has 1 rings (SSSR count). The van der Waals surface area contributed by atoms with E-state index in [0.29, 0.717) is 12.0 Å². The van der Waals surface area contributed by atoms with Crippen molar-refractivity contribution in [3.05, 3.63) is 0 Å². The molecule has 1 atom stereocenters. The fourth-order valence-electron chi connectivity index (χ4n) is 2.00. The van der Waals surface area contributed by atoms with E-state index in [-0.39, 0.29) is 0 Å². The van der Waals surface area contributed by atoms with Gasteiger partial charge in [0, 0.05) is 25.7 Å². The highest BCUT2D eigenvalue weighted by atomic mass is 16.5. The third kappa shape index (κ3) is 3.67. The Labute approximate surface area is 86.4 Å². The SMILES string of the molecule is C#CCCCC(NN)C1CCOCC1. The van der Waals surface area contributed by atoms with Crippen molar-refractivity contribution in [1.29, 1.82) is 0 Å². The minimum absolute atomic E-state index is 0.409. The van der Waals surface area contributed by atoms with Crippen molar-refractivity contribution in [1.82, 2.24) is 5.43 Å². The van der Waals surface area contributed by atoms with Crippen LogP contribution in [0, 0.1) is 18.3 Å². The average Bonchev–Trinajstić information content (AvgIpc) is 2.26. The summed E-state index contributed by atoms with van der Waals surface area (Å²) < 4.78 is 5.32. The second-order valence-corrected chi connectivity index (χ2v) is 3.82. The van der Waals surface area contributed by atoms with Crippen molar-refractivity contribution >= 4 is 0 Å². The van der Waals surface area contributed by atoms with Crippen molar-refractivity contribution in [3.8, 4) is 12.3 Å². The van der Waals surface area contributed by atoms with Gasteiger partial charge in [-0.05, 0) is 31.6 Å². The average molecular weight is 196 g/mol. The third-order valence-corrected chi connectivity index (χ3v) is 2.89. The van der Waals surface area contributed by atoms with Crippen LogP contribution in [0.4, 0.5) is 0 Å². The quantitative estimate of drug-likeness (QED) is 0.299. The molecule has 0 aromatic carbocycles. The molecule has 3 N–H and O–H groups in total. The molecule has 1 heterocycles. The lowest BCUT2D eigenvalue weighted by Gasteiger charge is -2.29. The molecule has 0 aliphatic carbocycles.